The van der Waals surface area contributed by atoms with Crippen molar-refractivity contribution in [2.75, 3.05) is 18.0 Å². The van der Waals surface area contributed by atoms with E-state index in [-0.39, 0.29) is 6.10 Å². The van der Waals surface area contributed by atoms with Gasteiger partial charge in [0, 0.05) is 24.6 Å². The summed E-state index contributed by atoms with van der Waals surface area (Å²) in [5.41, 5.74) is -0.350. The molecule has 2 aromatic heterocycles. The summed E-state index contributed by atoms with van der Waals surface area (Å²) < 4.78 is 44.2. The Morgan fingerprint density at radius 1 is 1.22 bits per heavy atom. The molecule has 122 valence electrons. The van der Waals surface area contributed by atoms with Gasteiger partial charge < -0.3 is 9.64 Å². The smallest absolute Gasteiger partial charge is 0.433 e. The summed E-state index contributed by atoms with van der Waals surface area (Å²) in [7, 11) is 0. The van der Waals surface area contributed by atoms with Crippen LogP contribution in [0.25, 0.3) is 0 Å². The molecule has 0 amide bonds. The lowest BCUT2D eigenvalue weighted by molar-refractivity contribution is -0.141. The fourth-order valence-electron chi connectivity index (χ4n) is 2.65. The molecule has 1 aliphatic heterocycles. The summed E-state index contributed by atoms with van der Waals surface area (Å²) in [4.78, 5) is 9.30. The second kappa shape index (κ2) is 6.44. The van der Waals surface area contributed by atoms with Crippen LogP contribution in [0.3, 0.4) is 0 Å². The van der Waals surface area contributed by atoms with E-state index in [1.54, 1.807) is 24.5 Å². The number of piperidine rings is 1. The molecule has 2 aromatic rings. The van der Waals surface area contributed by atoms with Gasteiger partial charge in [-0.05, 0) is 37.1 Å². The minimum atomic E-state index is -4.43. The Balaban J connectivity index is 1.71. The first-order valence-electron chi connectivity index (χ1n) is 7.37. The summed E-state index contributed by atoms with van der Waals surface area (Å²) in [6, 6.07) is 6.29. The molecule has 1 saturated heterocycles. The Labute approximate surface area is 131 Å². The fourth-order valence-corrected chi connectivity index (χ4v) is 2.65. The van der Waals surface area contributed by atoms with Gasteiger partial charge in [-0.3, -0.25) is 9.97 Å². The number of anilines is 1. The average Bonchev–Trinajstić information content (AvgIpc) is 2.55. The van der Waals surface area contributed by atoms with Crippen LogP contribution in [-0.2, 0) is 6.18 Å². The van der Waals surface area contributed by atoms with Gasteiger partial charge >= 0.3 is 6.18 Å². The van der Waals surface area contributed by atoms with Crippen molar-refractivity contribution in [2.45, 2.75) is 25.1 Å². The number of pyridine rings is 2. The van der Waals surface area contributed by atoms with Crippen molar-refractivity contribution in [3.05, 3.63) is 48.5 Å². The minimum Gasteiger partial charge on any atom is -0.487 e. The molecule has 3 rings (SSSR count). The molecule has 3 heterocycles. The van der Waals surface area contributed by atoms with Gasteiger partial charge in [0.2, 0.25) is 0 Å². The van der Waals surface area contributed by atoms with Gasteiger partial charge in [-0.1, -0.05) is 0 Å². The van der Waals surface area contributed by atoms with Gasteiger partial charge in [0.25, 0.3) is 0 Å². The van der Waals surface area contributed by atoms with Gasteiger partial charge in [0.15, 0.2) is 0 Å². The van der Waals surface area contributed by atoms with Crippen molar-refractivity contribution in [3.8, 4) is 5.75 Å². The van der Waals surface area contributed by atoms with E-state index in [2.05, 4.69) is 9.97 Å². The second-order valence-corrected chi connectivity index (χ2v) is 5.41. The van der Waals surface area contributed by atoms with Gasteiger partial charge in [-0.25, -0.2) is 0 Å². The molecule has 7 heteroatoms. The van der Waals surface area contributed by atoms with E-state index in [0.717, 1.165) is 18.9 Å². The van der Waals surface area contributed by atoms with E-state index in [1.165, 1.54) is 6.20 Å². The summed E-state index contributed by atoms with van der Waals surface area (Å²) in [5, 5.41) is 0. The number of halogens is 3. The van der Waals surface area contributed by atoms with E-state index in [1.807, 2.05) is 11.0 Å². The third kappa shape index (κ3) is 3.91. The Hall–Kier alpha value is -2.31. The van der Waals surface area contributed by atoms with Gasteiger partial charge in [0.1, 0.15) is 17.5 Å². The van der Waals surface area contributed by atoms with E-state index in [4.69, 9.17) is 4.74 Å². The van der Waals surface area contributed by atoms with E-state index < -0.39 is 11.9 Å². The topological polar surface area (TPSA) is 38.2 Å². The van der Waals surface area contributed by atoms with Crippen molar-refractivity contribution in [3.63, 3.8) is 0 Å². The molecular formula is C16H16F3N3O. The molecule has 0 N–H and O–H groups in total. The van der Waals surface area contributed by atoms with Crippen LogP contribution in [0.4, 0.5) is 18.9 Å². The van der Waals surface area contributed by atoms with Gasteiger partial charge in [-0.2, -0.15) is 13.2 Å². The molecule has 1 unspecified atom stereocenters. The lowest BCUT2D eigenvalue weighted by atomic mass is 10.1. The highest BCUT2D eigenvalue weighted by Gasteiger charge is 2.33. The Kier molecular flexibility index (Phi) is 4.36. The van der Waals surface area contributed by atoms with Crippen LogP contribution in [0.15, 0.2) is 42.9 Å². The highest BCUT2D eigenvalue weighted by Crippen LogP contribution is 2.31. The maximum absolute atomic E-state index is 12.8. The summed E-state index contributed by atoms with van der Waals surface area (Å²) in [6.45, 7) is 1.24. The van der Waals surface area contributed by atoms with Crippen molar-refractivity contribution in [1.29, 1.82) is 0 Å². The number of alkyl halides is 3. The highest BCUT2D eigenvalue weighted by molar-refractivity contribution is 5.47. The monoisotopic (exact) mass is 323 g/mol. The molecule has 0 spiro atoms. The van der Waals surface area contributed by atoms with Crippen LogP contribution in [0.2, 0.25) is 0 Å². The van der Waals surface area contributed by atoms with Crippen molar-refractivity contribution < 1.29 is 17.9 Å². The maximum Gasteiger partial charge on any atom is 0.433 e. The van der Waals surface area contributed by atoms with Crippen LogP contribution < -0.4 is 9.64 Å². The van der Waals surface area contributed by atoms with E-state index >= 15 is 0 Å². The zero-order chi connectivity index (χ0) is 16.3. The van der Waals surface area contributed by atoms with Crippen LogP contribution in [0, 0.1) is 0 Å². The molecule has 1 fully saturated rings. The van der Waals surface area contributed by atoms with Gasteiger partial charge in [0.05, 0.1) is 12.7 Å². The predicted molar refractivity (Wildman–Crippen MR) is 79.3 cm³/mol. The largest absolute Gasteiger partial charge is 0.487 e. The van der Waals surface area contributed by atoms with Crippen LogP contribution in [0.5, 0.6) is 5.75 Å². The second-order valence-electron chi connectivity index (χ2n) is 5.41. The van der Waals surface area contributed by atoms with Crippen molar-refractivity contribution in [1.82, 2.24) is 9.97 Å². The van der Waals surface area contributed by atoms with Crippen molar-refractivity contribution >= 4 is 5.69 Å². The number of ether oxygens (including phenoxy) is 1. The maximum atomic E-state index is 12.8. The molecule has 0 saturated carbocycles. The number of hydrogen-bond acceptors (Lipinski definition) is 4. The molecule has 0 bridgehead atoms. The van der Waals surface area contributed by atoms with E-state index in [9.17, 15) is 13.2 Å². The third-order valence-corrected chi connectivity index (χ3v) is 3.71. The quantitative estimate of drug-likeness (QED) is 0.866. The van der Waals surface area contributed by atoms with E-state index in [0.29, 0.717) is 24.5 Å². The van der Waals surface area contributed by atoms with Crippen LogP contribution >= 0.6 is 0 Å². The first-order valence-corrected chi connectivity index (χ1v) is 7.37. The SMILES string of the molecule is FC(F)(F)c1cc(N2CCCC(Oc3cccnc3)C2)ccn1. The standard InChI is InChI=1S/C16H16F3N3O/c17-16(18,19)15-9-12(5-7-21-15)22-8-2-4-14(11-22)23-13-3-1-6-20-10-13/h1,3,5-7,9-10,14H,2,4,8,11H2. The minimum absolute atomic E-state index is 0.0737. The Bertz CT molecular complexity index is 649. The lowest BCUT2D eigenvalue weighted by Gasteiger charge is -2.34. The summed E-state index contributed by atoms with van der Waals surface area (Å²) in [5.74, 6) is 0.671. The highest BCUT2D eigenvalue weighted by atomic mass is 19.4. The lowest BCUT2D eigenvalue weighted by Crippen LogP contribution is -2.41. The normalized spacial score (nSPS) is 18.7. The number of aromatic nitrogens is 2. The van der Waals surface area contributed by atoms with Crippen LogP contribution in [0.1, 0.15) is 18.5 Å². The molecule has 4 nitrogen and oxygen atoms in total. The average molecular weight is 323 g/mol. The first-order chi connectivity index (χ1) is 11.0. The van der Waals surface area contributed by atoms with Gasteiger partial charge in [-0.15, -0.1) is 0 Å². The molecule has 0 aliphatic carbocycles. The number of hydrogen-bond donors (Lipinski definition) is 0. The molecule has 0 aromatic carbocycles. The zero-order valence-corrected chi connectivity index (χ0v) is 12.3. The third-order valence-electron chi connectivity index (χ3n) is 3.71. The number of rotatable bonds is 3. The number of nitrogens with zero attached hydrogens (tertiary/aromatic N) is 3. The molecular weight excluding hydrogens is 307 g/mol. The van der Waals surface area contributed by atoms with Crippen LogP contribution in [-0.4, -0.2) is 29.2 Å². The summed E-state index contributed by atoms with van der Waals surface area (Å²) >= 11 is 0. The fraction of sp³-hybridized carbons (Fsp3) is 0.375. The Morgan fingerprint density at radius 2 is 2.09 bits per heavy atom. The Morgan fingerprint density at radius 3 is 2.83 bits per heavy atom. The van der Waals surface area contributed by atoms with Crippen molar-refractivity contribution in [2.24, 2.45) is 0 Å². The molecule has 23 heavy (non-hydrogen) atoms. The first kappa shape index (κ1) is 15.6. The molecule has 1 aliphatic rings. The zero-order valence-electron chi connectivity index (χ0n) is 12.3. The molecule has 0 radical (unpaired) electrons. The predicted octanol–water partition coefficient (Wildman–Crippen LogP) is 3.54. The summed E-state index contributed by atoms with van der Waals surface area (Å²) in [6.07, 6.45) is 1.71. The molecule has 1 atom stereocenters.